The first kappa shape index (κ1) is 11.2. The molecule has 0 bridgehead atoms. The van der Waals surface area contributed by atoms with Gasteiger partial charge in [0.2, 0.25) is 5.91 Å². The van der Waals surface area contributed by atoms with Crippen molar-refractivity contribution in [1.82, 2.24) is 4.98 Å². The van der Waals surface area contributed by atoms with Crippen LogP contribution in [-0.4, -0.2) is 17.4 Å². The average Bonchev–Trinajstić information content (AvgIpc) is 2.39. The van der Waals surface area contributed by atoms with Gasteiger partial charge in [-0.1, -0.05) is 18.5 Å². The molecule has 0 fully saturated rings. The van der Waals surface area contributed by atoms with Crippen LogP contribution in [-0.2, 0) is 4.79 Å². The summed E-state index contributed by atoms with van der Waals surface area (Å²) in [5.41, 5.74) is 0.277. The summed E-state index contributed by atoms with van der Waals surface area (Å²) in [7, 11) is 0. The number of fused-ring (bicyclic) bond motifs is 1. The van der Waals surface area contributed by atoms with Crippen molar-refractivity contribution < 1.29 is 4.79 Å². The molecule has 86 valence electrons. The first-order valence-corrected chi connectivity index (χ1v) is 5.65. The van der Waals surface area contributed by atoms with Crippen LogP contribution in [0.1, 0.15) is 20.3 Å². The molecule has 0 saturated carbocycles. The van der Waals surface area contributed by atoms with Crippen LogP contribution in [0, 0.1) is 5.41 Å². The maximum absolute atomic E-state index is 12.0. The second kappa shape index (κ2) is 3.94. The van der Waals surface area contributed by atoms with Crippen molar-refractivity contribution in [2.75, 3.05) is 17.2 Å². The maximum atomic E-state index is 12.0. The molecule has 0 spiro atoms. The number of anilines is 2. The van der Waals surface area contributed by atoms with Crippen LogP contribution in [0.4, 0.5) is 11.5 Å². The van der Waals surface area contributed by atoms with Gasteiger partial charge in [0.05, 0.1) is 11.1 Å². The molecule has 2 heterocycles. The van der Waals surface area contributed by atoms with Crippen molar-refractivity contribution >= 4 is 29.0 Å². The lowest BCUT2D eigenvalue weighted by atomic mass is 9.87. The molecule has 0 aromatic carbocycles. The molecule has 1 aliphatic heterocycles. The molecule has 1 aliphatic rings. The fraction of sp³-hybridized carbons (Fsp3) is 0.455. The molecule has 0 radical (unpaired) electrons. The molecular weight excluding hydrogens is 226 g/mol. The third-order valence-corrected chi connectivity index (χ3v) is 3.29. The van der Waals surface area contributed by atoms with Gasteiger partial charge in [-0.05, 0) is 25.5 Å². The second-order valence-corrected chi connectivity index (χ2v) is 4.64. The Morgan fingerprint density at radius 2 is 2.31 bits per heavy atom. The molecule has 1 unspecified atom stereocenters. The number of aromatic nitrogens is 1. The minimum Gasteiger partial charge on any atom is -0.367 e. The molecule has 16 heavy (non-hydrogen) atoms. The van der Waals surface area contributed by atoms with Gasteiger partial charge < -0.3 is 10.6 Å². The third kappa shape index (κ3) is 1.85. The summed E-state index contributed by atoms with van der Waals surface area (Å²) in [4.78, 5) is 16.2. The van der Waals surface area contributed by atoms with Crippen LogP contribution in [0.25, 0.3) is 0 Å². The van der Waals surface area contributed by atoms with Gasteiger partial charge in [0.15, 0.2) is 5.82 Å². The predicted molar refractivity (Wildman–Crippen MR) is 64.8 cm³/mol. The van der Waals surface area contributed by atoms with Gasteiger partial charge in [0.25, 0.3) is 0 Å². The molecule has 1 amide bonds. The number of amides is 1. The molecular formula is C11H14ClN3O. The van der Waals surface area contributed by atoms with E-state index in [2.05, 4.69) is 15.6 Å². The maximum Gasteiger partial charge on any atom is 0.232 e. The average molecular weight is 240 g/mol. The summed E-state index contributed by atoms with van der Waals surface area (Å²) in [5, 5.41) is 6.44. The third-order valence-electron chi connectivity index (χ3n) is 3.08. The number of pyridine rings is 1. The summed E-state index contributed by atoms with van der Waals surface area (Å²) in [6, 6.07) is 3.42. The zero-order chi connectivity index (χ0) is 11.8. The highest BCUT2D eigenvalue weighted by Crippen LogP contribution is 2.31. The Balaban J connectivity index is 2.37. The number of hydrogen-bond donors (Lipinski definition) is 2. The van der Waals surface area contributed by atoms with Crippen molar-refractivity contribution in [3.05, 3.63) is 17.3 Å². The first-order chi connectivity index (χ1) is 7.55. The van der Waals surface area contributed by atoms with Gasteiger partial charge in [-0.2, -0.15) is 0 Å². The number of nitrogens with zero attached hydrogens (tertiary/aromatic N) is 1. The first-order valence-electron chi connectivity index (χ1n) is 5.27. The van der Waals surface area contributed by atoms with E-state index >= 15 is 0 Å². The van der Waals surface area contributed by atoms with Crippen LogP contribution in [0.5, 0.6) is 0 Å². The van der Waals surface area contributed by atoms with E-state index in [0.29, 0.717) is 23.2 Å². The monoisotopic (exact) mass is 239 g/mol. The van der Waals surface area contributed by atoms with Crippen LogP contribution in [0.3, 0.4) is 0 Å². The number of halogens is 1. The van der Waals surface area contributed by atoms with Crippen LogP contribution < -0.4 is 10.6 Å². The highest BCUT2D eigenvalue weighted by molar-refractivity contribution is 6.29. The topological polar surface area (TPSA) is 54.0 Å². The fourth-order valence-electron chi connectivity index (χ4n) is 1.59. The van der Waals surface area contributed by atoms with Gasteiger partial charge in [-0.3, -0.25) is 4.79 Å². The SMILES string of the molecule is CCC1(C)CNc2nc(Cl)ccc2NC1=O. The smallest absolute Gasteiger partial charge is 0.232 e. The molecule has 2 rings (SSSR count). The summed E-state index contributed by atoms with van der Waals surface area (Å²) in [6.45, 7) is 4.50. The van der Waals surface area contributed by atoms with Crippen LogP contribution in [0.2, 0.25) is 5.15 Å². The minimum absolute atomic E-state index is 0.0189. The number of carbonyl (C=O) groups excluding carboxylic acids is 1. The Morgan fingerprint density at radius 1 is 1.56 bits per heavy atom. The van der Waals surface area contributed by atoms with E-state index in [4.69, 9.17) is 11.6 Å². The van der Waals surface area contributed by atoms with Gasteiger partial charge in [0, 0.05) is 6.54 Å². The Morgan fingerprint density at radius 3 is 3.00 bits per heavy atom. The predicted octanol–water partition coefficient (Wildman–Crippen LogP) is 2.52. The second-order valence-electron chi connectivity index (χ2n) is 4.25. The molecule has 0 saturated heterocycles. The van der Waals surface area contributed by atoms with Crippen molar-refractivity contribution in [3.8, 4) is 0 Å². The van der Waals surface area contributed by atoms with Gasteiger partial charge >= 0.3 is 0 Å². The van der Waals surface area contributed by atoms with Crippen LogP contribution >= 0.6 is 11.6 Å². The van der Waals surface area contributed by atoms with Crippen molar-refractivity contribution in [2.45, 2.75) is 20.3 Å². The standard InChI is InChI=1S/C11H14ClN3O/c1-3-11(2)6-13-9-7(14-10(11)16)4-5-8(12)15-9/h4-5H,3,6H2,1-2H3,(H,13,15)(H,14,16). The minimum atomic E-state index is -0.410. The van der Waals surface area contributed by atoms with E-state index in [-0.39, 0.29) is 5.91 Å². The van der Waals surface area contributed by atoms with Gasteiger partial charge in [0.1, 0.15) is 5.15 Å². The number of hydrogen-bond acceptors (Lipinski definition) is 3. The lowest BCUT2D eigenvalue weighted by molar-refractivity contribution is -0.124. The Bertz CT molecular complexity index is 435. The van der Waals surface area contributed by atoms with E-state index in [1.807, 2.05) is 13.8 Å². The van der Waals surface area contributed by atoms with Crippen molar-refractivity contribution in [2.24, 2.45) is 5.41 Å². The molecule has 1 aromatic heterocycles. The van der Waals surface area contributed by atoms with Crippen molar-refractivity contribution in [3.63, 3.8) is 0 Å². The summed E-state index contributed by atoms with van der Waals surface area (Å²) in [6.07, 6.45) is 0.771. The Kier molecular flexibility index (Phi) is 2.76. The highest BCUT2D eigenvalue weighted by Gasteiger charge is 2.34. The molecule has 1 aromatic rings. The highest BCUT2D eigenvalue weighted by atomic mass is 35.5. The normalized spacial score (nSPS) is 24.1. The van der Waals surface area contributed by atoms with E-state index < -0.39 is 5.41 Å². The molecule has 4 nitrogen and oxygen atoms in total. The largest absolute Gasteiger partial charge is 0.367 e. The molecule has 1 atom stereocenters. The Labute approximate surface area is 99.4 Å². The van der Waals surface area contributed by atoms with Crippen molar-refractivity contribution in [1.29, 1.82) is 0 Å². The van der Waals surface area contributed by atoms with Crippen LogP contribution in [0.15, 0.2) is 12.1 Å². The number of carbonyl (C=O) groups is 1. The summed E-state index contributed by atoms with van der Waals surface area (Å²) >= 11 is 5.81. The quantitative estimate of drug-likeness (QED) is 0.741. The molecule has 2 N–H and O–H groups in total. The van der Waals surface area contributed by atoms with E-state index in [1.54, 1.807) is 12.1 Å². The van der Waals surface area contributed by atoms with E-state index in [0.717, 1.165) is 6.42 Å². The Hall–Kier alpha value is -1.29. The zero-order valence-electron chi connectivity index (χ0n) is 9.30. The molecule has 5 heteroatoms. The lowest BCUT2D eigenvalue weighted by Gasteiger charge is -2.23. The fourth-order valence-corrected chi connectivity index (χ4v) is 1.74. The molecule has 0 aliphatic carbocycles. The van der Waals surface area contributed by atoms with Gasteiger partial charge in [-0.25, -0.2) is 4.98 Å². The number of nitrogens with one attached hydrogen (secondary N) is 2. The number of rotatable bonds is 1. The summed E-state index contributed by atoms with van der Waals surface area (Å²) in [5.74, 6) is 0.656. The zero-order valence-corrected chi connectivity index (χ0v) is 10.1. The lowest BCUT2D eigenvalue weighted by Crippen LogP contribution is -2.36. The van der Waals surface area contributed by atoms with E-state index in [1.165, 1.54) is 0 Å². The van der Waals surface area contributed by atoms with E-state index in [9.17, 15) is 4.79 Å². The summed E-state index contributed by atoms with van der Waals surface area (Å²) < 4.78 is 0. The van der Waals surface area contributed by atoms with Gasteiger partial charge in [-0.15, -0.1) is 0 Å².